The maximum atomic E-state index is 13.0. The molecule has 0 bridgehead atoms. The lowest BCUT2D eigenvalue weighted by atomic mass is 9.98. The van der Waals surface area contributed by atoms with Gasteiger partial charge in [-0.05, 0) is 55.7 Å². The zero-order chi connectivity index (χ0) is 24.4. The molecule has 1 aromatic rings. The first-order chi connectivity index (χ1) is 14.9. The number of ketones is 1. The molecule has 32 heavy (non-hydrogen) atoms. The summed E-state index contributed by atoms with van der Waals surface area (Å²) in [6.45, 7) is 10.5. The maximum Gasteiger partial charge on any atom is 0.243 e. The highest BCUT2D eigenvalue weighted by Gasteiger charge is 2.29. The Morgan fingerprint density at radius 2 is 1.19 bits per heavy atom. The van der Waals surface area contributed by atoms with Crippen LogP contribution in [0.1, 0.15) is 59.9 Å². The van der Waals surface area contributed by atoms with Crippen molar-refractivity contribution in [2.45, 2.75) is 78.9 Å². The summed E-state index contributed by atoms with van der Waals surface area (Å²) in [6, 6.07) is 4.08. The first-order valence-electron chi connectivity index (χ1n) is 11.0. The molecule has 178 valence electrons. The third-order valence-electron chi connectivity index (χ3n) is 4.92. The van der Waals surface area contributed by atoms with E-state index in [4.69, 9.17) is 0 Å². The fourth-order valence-corrected chi connectivity index (χ4v) is 3.36. The number of hydrogen-bond donors (Lipinski definition) is 4. The number of phenolic OH excluding ortho intramolecular Hbond substituents is 1. The summed E-state index contributed by atoms with van der Waals surface area (Å²) < 4.78 is 0. The first kappa shape index (κ1) is 27.1. The normalized spacial score (nSPS) is 13.9. The molecule has 0 unspecified atom stereocenters. The summed E-state index contributed by atoms with van der Waals surface area (Å²) in [7, 11) is 0. The first-order valence-corrected chi connectivity index (χ1v) is 11.0. The molecule has 0 radical (unpaired) electrons. The van der Waals surface area contributed by atoms with Gasteiger partial charge in [0.1, 0.15) is 17.8 Å². The van der Waals surface area contributed by atoms with Crippen molar-refractivity contribution in [1.29, 1.82) is 0 Å². The standard InChI is InChI=1S/C24H37N3O5/c1-14(2)11-21(25-17(6)29)23(31)27-22(12-15(3)4)24(32)26-20(16(5)28)13-18-7-9-19(30)10-8-18/h7-10,14-15,20-22,30H,11-13H2,1-6H3,(H,25,29)(H,26,32)(H,27,31)/t20-,21-,22-/m0/s1. The molecule has 1 rings (SSSR count). The van der Waals surface area contributed by atoms with Crippen LogP contribution < -0.4 is 16.0 Å². The number of aromatic hydroxyl groups is 1. The van der Waals surface area contributed by atoms with Gasteiger partial charge in [0.2, 0.25) is 17.7 Å². The predicted octanol–water partition coefficient (Wildman–Crippen LogP) is 2.09. The van der Waals surface area contributed by atoms with E-state index in [-0.39, 0.29) is 35.7 Å². The van der Waals surface area contributed by atoms with E-state index in [1.54, 1.807) is 12.1 Å². The molecule has 0 aliphatic heterocycles. The molecule has 0 fully saturated rings. The number of nitrogens with one attached hydrogen (secondary N) is 3. The van der Waals surface area contributed by atoms with Crippen molar-refractivity contribution in [3.8, 4) is 5.75 Å². The lowest BCUT2D eigenvalue weighted by Gasteiger charge is -2.26. The van der Waals surface area contributed by atoms with Crippen molar-refractivity contribution in [3.05, 3.63) is 29.8 Å². The van der Waals surface area contributed by atoms with Gasteiger partial charge in [0.15, 0.2) is 5.78 Å². The second kappa shape index (κ2) is 12.8. The zero-order valence-electron chi connectivity index (χ0n) is 19.9. The summed E-state index contributed by atoms with van der Waals surface area (Å²) >= 11 is 0. The average Bonchev–Trinajstić information content (AvgIpc) is 2.66. The van der Waals surface area contributed by atoms with Gasteiger partial charge in [-0.3, -0.25) is 19.2 Å². The Bertz CT molecular complexity index is 789. The van der Waals surface area contributed by atoms with Crippen LogP contribution in [0.5, 0.6) is 5.75 Å². The van der Waals surface area contributed by atoms with Crippen molar-refractivity contribution >= 4 is 23.5 Å². The Morgan fingerprint density at radius 1 is 0.750 bits per heavy atom. The largest absolute Gasteiger partial charge is 0.508 e. The summed E-state index contributed by atoms with van der Waals surface area (Å²) in [5.74, 6) is -0.999. The van der Waals surface area contributed by atoms with Crippen LogP contribution in [0.3, 0.4) is 0 Å². The minimum atomic E-state index is -0.840. The molecule has 8 nitrogen and oxygen atoms in total. The van der Waals surface area contributed by atoms with Crippen molar-refractivity contribution in [1.82, 2.24) is 16.0 Å². The minimum Gasteiger partial charge on any atom is -0.508 e. The molecule has 0 saturated carbocycles. The van der Waals surface area contributed by atoms with Crippen molar-refractivity contribution < 1.29 is 24.3 Å². The van der Waals surface area contributed by atoms with Crippen LogP contribution in [0, 0.1) is 11.8 Å². The monoisotopic (exact) mass is 447 g/mol. The molecule has 0 aromatic heterocycles. The average molecular weight is 448 g/mol. The fourth-order valence-electron chi connectivity index (χ4n) is 3.36. The van der Waals surface area contributed by atoms with Crippen LogP contribution in [-0.4, -0.2) is 46.7 Å². The van der Waals surface area contributed by atoms with Gasteiger partial charge in [0.05, 0.1) is 6.04 Å². The third-order valence-corrected chi connectivity index (χ3v) is 4.92. The number of benzene rings is 1. The SMILES string of the molecule is CC(=O)N[C@@H](CC(C)C)C(=O)N[C@@H](CC(C)C)C(=O)N[C@@H](Cc1ccc(O)cc1)C(C)=O. The second-order valence-corrected chi connectivity index (χ2v) is 9.12. The topological polar surface area (TPSA) is 125 Å². The summed E-state index contributed by atoms with van der Waals surface area (Å²) in [5, 5.41) is 17.6. The van der Waals surface area contributed by atoms with Gasteiger partial charge in [-0.1, -0.05) is 39.8 Å². The van der Waals surface area contributed by atoms with Crippen LogP contribution >= 0.6 is 0 Å². The number of phenols is 1. The Hall–Kier alpha value is -2.90. The molecule has 0 aliphatic carbocycles. The molecule has 0 heterocycles. The molecule has 4 N–H and O–H groups in total. The molecule has 3 atom stereocenters. The number of amides is 3. The van der Waals surface area contributed by atoms with Gasteiger partial charge in [-0.25, -0.2) is 0 Å². The summed E-state index contributed by atoms with van der Waals surface area (Å²) in [5.41, 5.74) is 0.787. The molecular weight excluding hydrogens is 410 g/mol. The predicted molar refractivity (Wildman–Crippen MR) is 123 cm³/mol. The molecular formula is C24H37N3O5. The van der Waals surface area contributed by atoms with E-state index in [0.717, 1.165) is 5.56 Å². The highest BCUT2D eigenvalue weighted by molar-refractivity contribution is 5.94. The van der Waals surface area contributed by atoms with E-state index < -0.39 is 29.9 Å². The quantitative estimate of drug-likeness (QED) is 0.391. The molecule has 1 aromatic carbocycles. The van der Waals surface area contributed by atoms with Crippen LogP contribution in [0.25, 0.3) is 0 Å². The zero-order valence-corrected chi connectivity index (χ0v) is 19.9. The van der Waals surface area contributed by atoms with Crippen molar-refractivity contribution in [2.24, 2.45) is 11.8 Å². The van der Waals surface area contributed by atoms with Crippen LogP contribution in [0.2, 0.25) is 0 Å². The highest BCUT2D eigenvalue weighted by atomic mass is 16.3. The minimum absolute atomic E-state index is 0.114. The molecule has 3 amide bonds. The summed E-state index contributed by atoms with van der Waals surface area (Å²) in [6.07, 6.45) is 1.10. The number of carbonyl (C=O) groups is 4. The van der Waals surface area contributed by atoms with Gasteiger partial charge >= 0.3 is 0 Å². The van der Waals surface area contributed by atoms with Gasteiger partial charge in [0, 0.05) is 6.92 Å². The number of rotatable bonds is 12. The molecule has 0 aliphatic rings. The number of Topliss-reactive ketones (excluding diaryl/α,β-unsaturated/α-hetero) is 1. The lowest BCUT2D eigenvalue weighted by Crippen LogP contribution is -2.56. The van der Waals surface area contributed by atoms with Crippen LogP contribution in [0.15, 0.2) is 24.3 Å². The van der Waals surface area contributed by atoms with Crippen molar-refractivity contribution in [2.75, 3.05) is 0 Å². The maximum absolute atomic E-state index is 13.0. The van der Waals surface area contributed by atoms with E-state index in [9.17, 15) is 24.3 Å². The van der Waals surface area contributed by atoms with Crippen LogP contribution in [-0.2, 0) is 25.6 Å². The van der Waals surface area contributed by atoms with Crippen LogP contribution in [0.4, 0.5) is 0 Å². The summed E-state index contributed by atoms with van der Waals surface area (Å²) in [4.78, 5) is 49.6. The Morgan fingerprint density at radius 3 is 1.59 bits per heavy atom. The highest BCUT2D eigenvalue weighted by Crippen LogP contribution is 2.13. The van der Waals surface area contributed by atoms with Gasteiger partial charge in [-0.15, -0.1) is 0 Å². The van der Waals surface area contributed by atoms with E-state index in [0.29, 0.717) is 12.8 Å². The smallest absolute Gasteiger partial charge is 0.243 e. The Labute approximate surface area is 190 Å². The number of carbonyl (C=O) groups excluding carboxylic acids is 4. The van der Waals surface area contributed by atoms with E-state index in [2.05, 4.69) is 16.0 Å². The number of hydrogen-bond acceptors (Lipinski definition) is 5. The fraction of sp³-hybridized carbons (Fsp3) is 0.583. The second-order valence-electron chi connectivity index (χ2n) is 9.12. The van der Waals surface area contributed by atoms with Gasteiger partial charge < -0.3 is 21.1 Å². The lowest BCUT2D eigenvalue weighted by molar-refractivity contribution is -0.133. The van der Waals surface area contributed by atoms with E-state index in [1.165, 1.54) is 26.0 Å². The molecule has 0 saturated heterocycles. The third kappa shape index (κ3) is 9.94. The van der Waals surface area contributed by atoms with Gasteiger partial charge in [-0.2, -0.15) is 0 Å². The molecule has 8 heteroatoms. The Kier molecular flexibility index (Phi) is 10.9. The molecule has 0 spiro atoms. The van der Waals surface area contributed by atoms with E-state index >= 15 is 0 Å². The Balaban J connectivity index is 2.96. The van der Waals surface area contributed by atoms with E-state index in [1.807, 2.05) is 27.7 Å². The van der Waals surface area contributed by atoms with Crippen molar-refractivity contribution in [3.63, 3.8) is 0 Å². The van der Waals surface area contributed by atoms with Gasteiger partial charge in [0.25, 0.3) is 0 Å².